The van der Waals surface area contributed by atoms with Gasteiger partial charge in [0.1, 0.15) is 16.9 Å². The molecular formula is C17H21NO3. The third-order valence-corrected chi connectivity index (χ3v) is 2.86. The lowest BCUT2D eigenvalue weighted by molar-refractivity contribution is -0.162. The van der Waals surface area contributed by atoms with Crippen LogP contribution in [0.3, 0.4) is 0 Å². The summed E-state index contributed by atoms with van der Waals surface area (Å²) in [5.41, 5.74) is 1.14. The molecule has 0 fully saturated rings. The number of carbonyl (C=O) groups excluding carboxylic acids is 1. The van der Waals surface area contributed by atoms with E-state index in [9.17, 15) is 4.79 Å². The van der Waals surface area contributed by atoms with E-state index in [4.69, 9.17) is 9.47 Å². The molecule has 1 unspecified atom stereocenters. The van der Waals surface area contributed by atoms with Crippen LogP contribution in [0.5, 0.6) is 5.75 Å². The standard InChI is InChI=1S/C17H21NO3/c1-11-9-10-13-7-6-8-14(15(13)18-11)20-12(2)16(19)21-17(3,4)5/h6-10,12H,1-5H3. The molecule has 1 aromatic heterocycles. The van der Waals surface area contributed by atoms with Crippen molar-refractivity contribution < 1.29 is 14.3 Å². The molecule has 0 bridgehead atoms. The molecule has 1 aromatic carbocycles. The zero-order chi connectivity index (χ0) is 15.6. The van der Waals surface area contributed by atoms with Gasteiger partial charge in [0, 0.05) is 11.1 Å². The molecule has 0 saturated carbocycles. The quantitative estimate of drug-likeness (QED) is 0.808. The molecule has 2 rings (SSSR count). The van der Waals surface area contributed by atoms with Crippen LogP contribution < -0.4 is 4.74 Å². The summed E-state index contributed by atoms with van der Waals surface area (Å²) in [6.07, 6.45) is -0.683. The Labute approximate surface area is 125 Å². The highest BCUT2D eigenvalue weighted by molar-refractivity contribution is 5.85. The van der Waals surface area contributed by atoms with Gasteiger partial charge in [-0.05, 0) is 46.8 Å². The number of hydrogen-bond acceptors (Lipinski definition) is 4. The summed E-state index contributed by atoms with van der Waals surface area (Å²) < 4.78 is 11.1. The minimum absolute atomic E-state index is 0.382. The second-order valence-corrected chi connectivity index (χ2v) is 6.07. The van der Waals surface area contributed by atoms with Gasteiger partial charge in [0.05, 0.1) is 0 Å². The first-order valence-electron chi connectivity index (χ1n) is 7.02. The fraction of sp³-hybridized carbons (Fsp3) is 0.412. The van der Waals surface area contributed by atoms with Gasteiger partial charge in [-0.25, -0.2) is 9.78 Å². The molecule has 4 heteroatoms. The van der Waals surface area contributed by atoms with E-state index in [0.29, 0.717) is 5.75 Å². The number of nitrogens with zero attached hydrogens (tertiary/aromatic N) is 1. The second-order valence-electron chi connectivity index (χ2n) is 6.07. The van der Waals surface area contributed by atoms with E-state index in [-0.39, 0.29) is 5.97 Å². The van der Waals surface area contributed by atoms with Gasteiger partial charge in [0.25, 0.3) is 0 Å². The molecule has 1 atom stereocenters. The Morgan fingerprint density at radius 3 is 2.57 bits per heavy atom. The minimum atomic E-state index is -0.683. The van der Waals surface area contributed by atoms with Crippen LogP contribution in [-0.2, 0) is 9.53 Å². The molecule has 21 heavy (non-hydrogen) atoms. The monoisotopic (exact) mass is 287 g/mol. The van der Waals surface area contributed by atoms with Crippen molar-refractivity contribution in [2.24, 2.45) is 0 Å². The number of fused-ring (bicyclic) bond motifs is 1. The summed E-state index contributed by atoms with van der Waals surface area (Å²) >= 11 is 0. The van der Waals surface area contributed by atoms with Crippen LogP contribution in [0.2, 0.25) is 0 Å². The Balaban J connectivity index is 2.23. The largest absolute Gasteiger partial charge is 0.477 e. The maximum absolute atomic E-state index is 12.0. The fourth-order valence-electron chi connectivity index (χ4n) is 1.94. The van der Waals surface area contributed by atoms with Crippen LogP contribution in [0, 0.1) is 6.92 Å². The number of rotatable bonds is 3. The van der Waals surface area contributed by atoms with E-state index in [1.807, 2.05) is 58.0 Å². The second kappa shape index (κ2) is 5.72. The maximum atomic E-state index is 12.0. The molecule has 0 saturated heterocycles. The van der Waals surface area contributed by atoms with Crippen LogP contribution in [-0.4, -0.2) is 22.7 Å². The smallest absolute Gasteiger partial charge is 0.347 e. The zero-order valence-corrected chi connectivity index (χ0v) is 13.1. The van der Waals surface area contributed by atoms with E-state index < -0.39 is 11.7 Å². The lowest BCUT2D eigenvalue weighted by atomic mass is 10.2. The van der Waals surface area contributed by atoms with Gasteiger partial charge in [0.15, 0.2) is 6.10 Å². The first-order valence-corrected chi connectivity index (χ1v) is 7.02. The van der Waals surface area contributed by atoms with Crippen molar-refractivity contribution in [1.29, 1.82) is 0 Å². The van der Waals surface area contributed by atoms with Crippen molar-refractivity contribution in [2.45, 2.75) is 46.3 Å². The van der Waals surface area contributed by atoms with Crippen molar-refractivity contribution in [2.75, 3.05) is 0 Å². The number of aromatic nitrogens is 1. The average molecular weight is 287 g/mol. The highest BCUT2D eigenvalue weighted by atomic mass is 16.6. The number of ether oxygens (including phenoxy) is 2. The molecule has 0 radical (unpaired) electrons. The summed E-state index contributed by atoms with van der Waals surface area (Å²) in [6.45, 7) is 9.11. The van der Waals surface area contributed by atoms with Crippen molar-refractivity contribution in [3.05, 3.63) is 36.0 Å². The Bertz CT molecular complexity index is 659. The highest BCUT2D eigenvalue weighted by Crippen LogP contribution is 2.25. The molecule has 0 aliphatic rings. The first kappa shape index (κ1) is 15.3. The topological polar surface area (TPSA) is 48.4 Å². The minimum Gasteiger partial charge on any atom is -0.477 e. The number of pyridine rings is 1. The molecular weight excluding hydrogens is 266 g/mol. The number of para-hydroxylation sites is 1. The Morgan fingerprint density at radius 1 is 1.19 bits per heavy atom. The van der Waals surface area contributed by atoms with Gasteiger partial charge in [-0.15, -0.1) is 0 Å². The third-order valence-electron chi connectivity index (χ3n) is 2.86. The fourth-order valence-corrected chi connectivity index (χ4v) is 1.94. The van der Waals surface area contributed by atoms with Crippen molar-refractivity contribution >= 4 is 16.9 Å². The van der Waals surface area contributed by atoms with E-state index in [2.05, 4.69) is 4.98 Å². The van der Waals surface area contributed by atoms with Crippen molar-refractivity contribution in [3.63, 3.8) is 0 Å². The lowest BCUT2D eigenvalue weighted by Gasteiger charge is -2.22. The molecule has 0 N–H and O–H groups in total. The summed E-state index contributed by atoms with van der Waals surface area (Å²) in [6, 6.07) is 9.60. The van der Waals surface area contributed by atoms with Crippen molar-refractivity contribution in [3.8, 4) is 5.75 Å². The van der Waals surface area contributed by atoms with Gasteiger partial charge in [-0.1, -0.05) is 18.2 Å². The van der Waals surface area contributed by atoms with Crippen LogP contribution in [0.1, 0.15) is 33.4 Å². The molecule has 1 heterocycles. The van der Waals surface area contributed by atoms with Crippen LogP contribution in [0.15, 0.2) is 30.3 Å². The lowest BCUT2D eigenvalue weighted by Crippen LogP contribution is -2.33. The van der Waals surface area contributed by atoms with Crippen LogP contribution >= 0.6 is 0 Å². The van der Waals surface area contributed by atoms with E-state index in [1.54, 1.807) is 6.92 Å². The van der Waals surface area contributed by atoms with E-state index in [0.717, 1.165) is 16.6 Å². The van der Waals surface area contributed by atoms with Gasteiger partial charge in [-0.3, -0.25) is 0 Å². The van der Waals surface area contributed by atoms with E-state index >= 15 is 0 Å². The van der Waals surface area contributed by atoms with Gasteiger partial charge < -0.3 is 9.47 Å². The molecule has 0 amide bonds. The van der Waals surface area contributed by atoms with Crippen LogP contribution in [0.4, 0.5) is 0 Å². The summed E-state index contributed by atoms with van der Waals surface area (Å²) in [4.78, 5) is 16.5. The molecule has 0 aliphatic heterocycles. The van der Waals surface area contributed by atoms with Gasteiger partial charge in [0.2, 0.25) is 0 Å². The predicted molar refractivity (Wildman–Crippen MR) is 82.4 cm³/mol. The van der Waals surface area contributed by atoms with Crippen LogP contribution in [0.25, 0.3) is 10.9 Å². The third kappa shape index (κ3) is 3.94. The summed E-state index contributed by atoms with van der Waals surface area (Å²) in [7, 11) is 0. The Hall–Kier alpha value is -2.10. The normalized spacial score (nSPS) is 13.0. The van der Waals surface area contributed by atoms with Gasteiger partial charge >= 0.3 is 5.97 Å². The molecule has 112 valence electrons. The van der Waals surface area contributed by atoms with Gasteiger partial charge in [-0.2, -0.15) is 0 Å². The number of esters is 1. The maximum Gasteiger partial charge on any atom is 0.347 e. The molecule has 2 aromatic rings. The Kier molecular flexibility index (Phi) is 4.16. The number of aryl methyl sites for hydroxylation is 1. The summed E-state index contributed by atoms with van der Waals surface area (Å²) in [5.74, 6) is 0.210. The number of carbonyl (C=O) groups is 1. The van der Waals surface area contributed by atoms with Crippen molar-refractivity contribution in [1.82, 2.24) is 4.98 Å². The zero-order valence-electron chi connectivity index (χ0n) is 13.1. The average Bonchev–Trinajstić information content (AvgIpc) is 2.37. The molecule has 4 nitrogen and oxygen atoms in total. The van der Waals surface area contributed by atoms with E-state index in [1.165, 1.54) is 0 Å². The molecule has 0 spiro atoms. The summed E-state index contributed by atoms with van der Waals surface area (Å²) in [5, 5.41) is 0.981. The Morgan fingerprint density at radius 2 is 1.90 bits per heavy atom. The number of hydrogen-bond donors (Lipinski definition) is 0. The first-order chi connectivity index (χ1) is 9.76. The highest BCUT2D eigenvalue weighted by Gasteiger charge is 2.23. The molecule has 0 aliphatic carbocycles. The SMILES string of the molecule is Cc1ccc2cccc(OC(C)C(=O)OC(C)(C)C)c2n1. The predicted octanol–water partition coefficient (Wildman–Crippen LogP) is 3.65. The number of benzene rings is 1.